The van der Waals surface area contributed by atoms with Crippen LogP contribution in [0.2, 0.25) is 0 Å². The van der Waals surface area contributed by atoms with Crippen LogP contribution in [0.1, 0.15) is 10.4 Å². The van der Waals surface area contributed by atoms with Gasteiger partial charge in [0, 0.05) is 24.9 Å². The number of aromatic nitrogens is 1. The quantitative estimate of drug-likeness (QED) is 0.693. The molecule has 88 valence electrons. The number of ether oxygens (including phenoxy) is 1. The number of rotatable bonds is 5. The number of hydrogen-bond acceptors (Lipinski definition) is 4. The van der Waals surface area contributed by atoms with Crippen LogP contribution in [0.15, 0.2) is 18.3 Å². The maximum absolute atomic E-state index is 12.7. The van der Waals surface area contributed by atoms with E-state index in [9.17, 15) is 9.18 Å². The van der Waals surface area contributed by atoms with Crippen molar-refractivity contribution in [2.24, 2.45) is 0 Å². The van der Waals surface area contributed by atoms with Gasteiger partial charge in [-0.05, 0) is 6.07 Å². The van der Waals surface area contributed by atoms with E-state index in [4.69, 9.17) is 9.84 Å². The van der Waals surface area contributed by atoms with Crippen molar-refractivity contribution in [3.63, 3.8) is 0 Å². The van der Waals surface area contributed by atoms with Gasteiger partial charge >= 0.3 is 0 Å². The van der Waals surface area contributed by atoms with E-state index < -0.39 is 17.9 Å². The summed E-state index contributed by atoms with van der Waals surface area (Å²) in [6, 6.07) is 1.91. The first kappa shape index (κ1) is 12.5. The van der Waals surface area contributed by atoms with Crippen LogP contribution in [-0.4, -0.2) is 42.4 Å². The number of nitrogens with one attached hydrogen (secondary N) is 1. The zero-order valence-corrected chi connectivity index (χ0v) is 8.81. The van der Waals surface area contributed by atoms with E-state index in [2.05, 4.69) is 10.3 Å². The molecule has 0 bridgehead atoms. The van der Waals surface area contributed by atoms with Gasteiger partial charge in [0.15, 0.2) is 0 Å². The van der Waals surface area contributed by atoms with Gasteiger partial charge < -0.3 is 15.2 Å². The molecule has 1 unspecified atom stereocenters. The number of carbonyl (C=O) groups excluding carboxylic acids is 1. The molecule has 2 N–H and O–H groups in total. The fourth-order valence-corrected chi connectivity index (χ4v) is 1.15. The molecule has 0 radical (unpaired) electrons. The average Bonchev–Trinajstić information content (AvgIpc) is 2.28. The van der Waals surface area contributed by atoms with Crippen LogP contribution >= 0.6 is 0 Å². The van der Waals surface area contributed by atoms with Gasteiger partial charge in [0.05, 0.1) is 19.3 Å². The zero-order chi connectivity index (χ0) is 12.0. The first-order valence-electron chi connectivity index (χ1n) is 4.69. The molecule has 6 heteroatoms. The Labute approximate surface area is 92.3 Å². The number of hydrogen-bond donors (Lipinski definition) is 2. The molecule has 5 nitrogen and oxygen atoms in total. The van der Waals surface area contributed by atoms with Crippen molar-refractivity contribution in [1.82, 2.24) is 10.3 Å². The molecular formula is C10H13FN2O3. The fourth-order valence-electron chi connectivity index (χ4n) is 1.15. The van der Waals surface area contributed by atoms with Crippen LogP contribution in [0.4, 0.5) is 4.39 Å². The number of aliphatic hydroxyl groups excluding tert-OH is 1. The Morgan fingerprint density at radius 3 is 3.06 bits per heavy atom. The summed E-state index contributed by atoms with van der Waals surface area (Å²) >= 11 is 0. The Balaban J connectivity index is 2.64. The van der Waals surface area contributed by atoms with Crippen LogP contribution in [0.3, 0.4) is 0 Å². The number of aliphatic hydroxyl groups is 1. The molecule has 0 spiro atoms. The summed E-state index contributed by atoms with van der Waals surface area (Å²) in [6.07, 6.45) is 1.20. The van der Waals surface area contributed by atoms with E-state index >= 15 is 0 Å². The summed E-state index contributed by atoms with van der Waals surface area (Å²) in [5.41, 5.74) is 0.155. The highest BCUT2D eigenvalue weighted by atomic mass is 19.1. The van der Waals surface area contributed by atoms with Gasteiger partial charge in [-0.1, -0.05) is 0 Å². The summed E-state index contributed by atoms with van der Waals surface area (Å²) in [4.78, 5) is 14.9. The lowest BCUT2D eigenvalue weighted by Crippen LogP contribution is -2.40. The highest BCUT2D eigenvalue weighted by Crippen LogP contribution is 2.00. The standard InChI is InChI=1S/C10H13FN2O3/c1-16-6-8(5-14)13-10(15)7-2-3-12-9(11)4-7/h2-4,8,14H,5-6H2,1H3,(H,13,15). The summed E-state index contributed by atoms with van der Waals surface area (Å²) in [7, 11) is 1.46. The normalized spacial score (nSPS) is 12.2. The van der Waals surface area contributed by atoms with E-state index in [1.807, 2.05) is 0 Å². The Morgan fingerprint density at radius 2 is 2.50 bits per heavy atom. The highest BCUT2D eigenvalue weighted by molar-refractivity contribution is 5.94. The molecule has 1 aromatic rings. The lowest BCUT2D eigenvalue weighted by atomic mass is 10.2. The summed E-state index contributed by atoms with van der Waals surface area (Å²) in [5, 5.41) is 11.4. The van der Waals surface area contributed by atoms with Gasteiger partial charge in [0.25, 0.3) is 5.91 Å². The second-order valence-electron chi connectivity index (χ2n) is 3.18. The highest BCUT2D eigenvalue weighted by Gasteiger charge is 2.13. The van der Waals surface area contributed by atoms with E-state index in [1.165, 1.54) is 19.4 Å². The van der Waals surface area contributed by atoms with E-state index in [1.54, 1.807) is 0 Å². The Bertz CT molecular complexity index is 360. The maximum Gasteiger partial charge on any atom is 0.251 e. The summed E-state index contributed by atoms with van der Waals surface area (Å²) in [6.45, 7) is -0.0526. The largest absolute Gasteiger partial charge is 0.394 e. The minimum Gasteiger partial charge on any atom is -0.394 e. The second-order valence-corrected chi connectivity index (χ2v) is 3.18. The van der Waals surface area contributed by atoms with Gasteiger partial charge in [-0.3, -0.25) is 4.79 Å². The van der Waals surface area contributed by atoms with Crippen LogP contribution in [0.5, 0.6) is 0 Å². The van der Waals surface area contributed by atoms with Crippen LogP contribution in [-0.2, 0) is 4.74 Å². The Morgan fingerprint density at radius 1 is 1.75 bits per heavy atom. The first-order valence-corrected chi connectivity index (χ1v) is 4.69. The average molecular weight is 228 g/mol. The van der Waals surface area contributed by atoms with Gasteiger partial charge in [-0.2, -0.15) is 4.39 Å². The molecule has 1 atom stereocenters. The topological polar surface area (TPSA) is 71.5 Å². The molecule has 0 aliphatic carbocycles. The number of methoxy groups -OCH3 is 1. The second kappa shape index (κ2) is 6.14. The van der Waals surface area contributed by atoms with Crippen molar-refractivity contribution in [3.05, 3.63) is 29.8 Å². The van der Waals surface area contributed by atoms with Crippen molar-refractivity contribution in [2.75, 3.05) is 20.3 Å². The van der Waals surface area contributed by atoms with Crippen LogP contribution in [0.25, 0.3) is 0 Å². The number of pyridine rings is 1. The van der Waals surface area contributed by atoms with Gasteiger partial charge in [-0.15, -0.1) is 0 Å². The fraction of sp³-hybridized carbons (Fsp3) is 0.400. The lowest BCUT2D eigenvalue weighted by molar-refractivity contribution is 0.0839. The van der Waals surface area contributed by atoms with Crippen molar-refractivity contribution in [1.29, 1.82) is 0 Å². The Hall–Kier alpha value is -1.53. The molecule has 0 aliphatic rings. The van der Waals surface area contributed by atoms with E-state index in [-0.39, 0.29) is 18.8 Å². The van der Waals surface area contributed by atoms with Crippen molar-refractivity contribution in [3.8, 4) is 0 Å². The third-order valence-electron chi connectivity index (χ3n) is 1.91. The van der Waals surface area contributed by atoms with Gasteiger partial charge in [-0.25, -0.2) is 4.98 Å². The minimum absolute atomic E-state index is 0.155. The number of halogens is 1. The minimum atomic E-state index is -0.722. The number of amides is 1. The molecule has 0 fully saturated rings. The number of carbonyl (C=O) groups is 1. The molecule has 0 saturated carbocycles. The molecule has 0 aliphatic heterocycles. The first-order chi connectivity index (χ1) is 7.67. The molecule has 1 rings (SSSR count). The molecular weight excluding hydrogens is 215 g/mol. The van der Waals surface area contributed by atoms with Crippen LogP contribution in [0, 0.1) is 5.95 Å². The zero-order valence-electron chi connectivity index (χ0n) is 8.81. The van der Waals surface area contributed by atoms with Crippen molar-refractivity contribution in [2.45, 2.75) is 6.04 Å². The van der Waals surface area contributed by atoms with Gasteiger partial charge in [0.1, 0.15) is 0 Å². The van der Waals surface area contributed by atoms with Crippen molar-refractivity contribution >= 4 is 5.91 Å². The monoisotopic (exact) mass is 228 g/mol. The Kier molecular flexibility index (Phi) is 4.81. The SMILES string of the molecule is COCC(CO)NC(=O)c1ccnc(F)c1. The lowest BCUT2D eigenvalue weighted by Gasteiger charge is -2.14. The van der Waals surface area contributed by atoms with E-state index in [0.717, 1.165) is 6.07 Å². The molecule has 16 heavy (non-hydrogen) atoms. The van der Waals surface area contributed by atoms with Crippen LogP contribution < -0.4 is 5.32 Å². The van der Waals surface area contributed by atoms with E-state index in [0.29, 0.717) is 0 Å². The molecule has 0 aromatic carbocycles. The third kappa shape index (κ3) is 3.56. The molecule has 1 heterocycles. The maximum atomic E-state index is 12.7. The molecule has 0 saturated heterocycles. The number of nitrogens with zero attached hydrogens (tertiary/aromatic N) is 1. The molecule has 1 amide bonds. The predicted molar refractivity (Wildman–Crippen MR) is 54.4 cm³/mol. The van der Waals surface area contributed by atoms with Gasteiger partial charge in [0.2, 0.25) is 5.95 Å². The molecule has 1 aromatic heterocycles. The summed E-state index contributed by atoms with van der Waals surface area (Å²) < 4.78 is 17.5. The van der Waals surface area contributed by atoms with Crippen molar-refractivity contribution < 1.29 is 19.0 Å². The third-order valence-corrected chi connectivity index (χ3v) is 1.91. The summed E-state index contributed by atoms with van der Waals surface area (Å²) in [5.74, 6) is -1.20. The smallest absolute Gasteiger partial charge is 0.251 e. The predicted octanol–water partition coefficient (Wildman–Crippen LogP) is -0.0422.